The summed E-state index contributed by atoms with van der Waals surface area (Å²) in [4.78, 5) is 0. The highest BCUT2D eigenvalue weighted by Gasteiger charge is 2.48. The van der Waals surface area contributed by atoms with Crippen molar-refractivity contribution in [2.24, 2.45) is 0 Å². The van der Waals surface area contributed by atoms with Crippen LogP contribution in [0.3, 0.4) is 0 Å². The molecular weight excluding hydrogens is 203 g/mol. The van der Waals surface area contributed by atoms with Gasteiger partial charge in [0.25, 0.3) is 0 Å². The van der Waals surface area contributed by atoms with Gasteiger partial charge < -0.3 is 19.7 Å². The largest absolute Gasteiger partial charge is 0.505 e. The zero-order chi connectivity index (χ0) is 10.6. The van der Waals surface area contributed by atoms with Crippen LogP contribution in [0.4, 0.5) is 4.39 Å². The summed E-state index contributed by atoms with van der Waals surface area (Å²) < 4.78 is 23.8. The van der Waals surface area contributed by atoms with Crippen molar-refractivity contribution in [1.29, 1.82) is 0 Å². The molecule has 80 valence electrons. The first-order valence-electron chi connectivity index (χ1n) is 4.66. The molecule has 5 heteroatoms. The van der Waals surface area contributed by atoms with E-state index < -0.39 is 17.2 Å². The lowest BCUT2D eigenvalue weighted by atomic mass is 10.0. The zero-order valence-corrected chi connectivity index (χ0v) is 7.79. The van der Waals surface area contributed by atoms with Crippen molar-refractivity contribution in [3.05, 3.63) is 17.4 Å². The average Bonchev–Trinajstić information content (AvgIpc) is 2.76. The molecule has 0 saturated heterocycles. The number of hydrogen-bond acceptors (Lipinski definition) is 4. The molecule has 1 aliphatic carbocycles. The van der Waals surface area contributed by atoms with E-state index in [9.17, 15) is 14.6 Å². The predicted octanol–water partition coefficient (Wildman–Crippen LogP) is 1.24. The summed E-state index contributed by atoms with van der Waals surface area (Å²) in [5.74, 6) is -0.844. The Balaban J connectivity index is 2.26. The van der Waals surface area contributed by atoms with E-state index in [0.717, 1.165) is 6.07 Å². The maximum atomic E-state index is 13.6. The maximum Gasteiger partial charge on any atom is 0.231 e. The van der Waals surface area contributed by atoms with Gasteiger partial charge >= 0.3 is 0 Å². The molecule has 3 rings (SSSR count). The number of hydrogen-bond donors (Lipinski definition) is 2. The number of phenols is 1. The van der Waals surface area contributed by atoms with Crippen LogP contribution in [0.2, 0.25) is 0 Å². The van der Waals surface area contributed by atoms with Crippen molar-refractivity contribution in [1.82, 2.24) is 0 Å². The van der Waals surface area contributed by atoms with E-state index in [0.29, 0.717) is 12.8 Å². The highest BCUT2D eigenvalue weighted by atomic mass is 19.1. The minimum atomic E-state index is -1.19. The Morgan fingerprint density at radius 1 is 1.33 bits per heavy atom. The van der Waals surface area contributed by atoms with Crippen molar-refractivity contribution in [3.8, 4) is 17.2 Å². The molecule has 1 saturated carbocycles. The van der Waals surface area contributed by atoms with Gasteiger partial charge in [-0.2, -0.15) is 0 Å². The number of ether oxygens (including phenoxy) is 2. The van der Waals surface area contributed by atoms with Crippen molar-refractivity contribution in [2.45, 2.75) is 18.4 Å². The molecule has 0 aromatic heterocycles. The monoisotopic (exact) mass is 212 g/mol. The van der Waals surface area contributed by atoms with E-state index >= 15 is 0 Å². The minimum Gasteiger partial charge on any atom is -0.505 e. The van der Waals surface area contributed by atoms with Crippen LogP contribution in [0, 0.1) is 5.82 Å². The standard InChI is InChI=1S/C10H9FO4/c11-8-5(12)3-6-9(15-4-14-6)7(8)10(13)1-2-10/h3,12-13H,1-2,4H2. The molecule has 1 fully saturated rings. The van der Waals surface area contributed by atoms with Crippen molar-refractivity contribution in [3.63, 3.8) is 0 Å². The predicted molar refractivity (Wildman–Crippen MR) is 47.3 cm³/mol. The number of fused-ring (bicyclic) bond motifs is 1. The normalized spacial score (nSPS) is 20.4. The summed E-state index contributed by atoms with van der Waals surface area (Å²) in [6.07, 6.45) is 0.951. The first kappa shape index (κ1) is 8.79. The van der Waals surface area contributed by atoms with E-state index in [-0.39, 0.29) is 23.9 Å². The van der Waals surface area contributed by atoms with Crippen LogP contribution in [0.25, 0.3) is 0 Å². The molecule has 2 N–H and O–H groups in total. The summed E-state index contributed by atoms with van der Waals surface area (Å²) in [5, 5.41) is 19.2. The van der Waals surface area contributed by atoms with Crippen LogP contribution in [0.1, 0.15) is 18.4 Å². The molecule has 0 spiro atoms. The molecule has 1 heterocycles. The fraction of sp³-hybridized carbons (Fsp3) is 0.400. The van der Waals surface area contributed by atoms with Crippen LogP contribution in [-0.2, 0) is 5.60 Å². The highest BCUT2D eigenvalue weighted by molar-refractivity contribution is 5.57. The van der Waals surface area contributed by atoms with Crippen LogP contribution in [-0.4, -0.2) is 17.0 Å². The fourth-order valence-electron chi connectivity index (χ4n) is 1.79. The zero-order valence-electron chi connectivity index (χ0n) is 7.79. The van der Waals surface area contributed by atoms with Crippen molar-refractivity contribution >= 4 is 0 Å². The Morgan fingerprint density at radius 3 is 2.73 bits per heavy atom. The molecule has 0 unspecified atom stereocenters. The van der Waals surface area contributed by atoms with Crippen molar-refractivity contribution in [2.75, 3.05) is 6.79 Å². The molecule has 0 radical (unpaired) electrons. The number of rotatable bonds is 1. The molecular formula is C10H9FO4. The summed E-state index contributed by atoms with van der Waals surface area (Å²) in [6, 6.07) is 1.16. The lowest BCUT2D eigenvalue weighted by Crippen LogP contribution is -2.09. The summed E-state index contributed by atoms with van der Waals surface area (Å²) in [7, 11) is 0. The van der Waals surface area contributed by atoms with Gasteiger partial charge in [0, 0.05) is 6.07 Å². The topological polar surface area (TPSA) is 58.9 Å². The van der Waals surface area contributed by atoms with Gasteiger partial charge in [-0.1, -0.05) is 0 Å². The highest BCUT2D eigenvalue weighted by Crippen LogP contribution is 2.54. The molecule has 4 nitrogen and oxygen atoms in total. The minimum absolute atomic E-state index is 0.0126. The second kappa shape index (κ2) is 2.55. The van der Waals surface area contributed by atoms with E-state index in [1.54, 1.807) is 0 Å². The Kier molecular flexibility index (Phi) is 1.49. The molecule has 1 aromatic carbocycles. The summed E-state index contributed by atoms with van der Waals surface area (Å²) in [6.45, 7) is -0.0126. The van der Waals surface area contributed by atoms with Gasteiger partial charge in [0.2, 0.25) is 6.79 Å². The van der Waals surface area contributed by atoms with Gasteiger partial charge in [-0.3, -0.25) is 0 Å². The van der Waals surface area contributed by atoms with E-state index in [4.69, 9.17) is 9.47 Å². The number of aromatic hydroxyl groups is 1. The molecule has 15 heavy (non-hydrogen) atoms. The van der Waals surface area contributed by atoms with Gasteiger partial charge in [-0.25, -0.2) is 4.39 Å². The molecule has 0 bridgehead atoms. The molecule has 1 aromatic rings. The molecule has 0 amide bonds. The number of phenolic OH excluding ortho intramolecular Hbond substituents is 1. The third-order valence-electron chi connectivity index (χ3n) is 2.77. The smallest absolute Gasteiger partial charge is 0.231 e. The Morgan fingerprint density at radius 2 is 2.07 bits per heavy atom. The number of aliphatic hydroxyl groups is 1. The second-order valence-corrected chi connectivity index (χ2v) is 3.85. The number of benzene rings is 1. The summed E-state index contributed by atoms with van der Waals surface area (Å²) >= 11 is 0. The van der Waals surface area contributed by atoms with Gasteiger partial charge in [0.1, 0.15) is 0 Å². The fourth-order valence-corrected chi connectivity index (χ4v) is 1.79. The van der Waals surface area contributed by atoms with E-state index in [1.807, 2.05) is 0 Å². The van der Waals surface area contributed by atoms with Crippen LogP contribution in [0.5, 0.6) is 17.2 Å². The average molecular weight is 212 g/mol. The molecule has 2 aliphatic rings. The molecule has 0 atom stereocenters. The van der Waals surface area contributed by atoms with Crippen LogP contribution >= 0.6 is 0 Å². The Bertz CT molecular complexity index is 440. The lowest BCUT2D eigenvalue weighted by Gasteiger charge is -2.13. The van der Waals surface area contributed by atoms with Crippen LogP contribution in [0.15, 0.2) is 6.07 Å². The Labute approximate surface area is 84.9 Å². The van der Waals surface area contributed by atoms with Gasteiger partial charge in [-0.15, -0.1) is 0 Å². The third kappa shape index (κ3) is 1.10. The SMILES string of the molecule is Oc1cc2c(c(C3(O)CC3)c1F)OCO2. The third-order valence-corrected chi connectivity index (χ3v) is 2.77. The van der Waals surface area contributed by atoms with E-state index in [1.165, 1.54) is 0 Å². The number of halogens is 1. The van der Waals surface area contributed by atoms with E-state index in [2.05, 4.69) is 0 Å². The Hall–Kier alpha value is -1.49. The second-order valence-electron chi connectivity index (χ2n) is 3.85. The van der Waals surface area contributed by atoms with Crippen LogP contribution < -0.4 is 9.47 Å². The first-order valence-corrected chi connectivity index (χ1v) is 4.66. The van der Waals surface area contributed by atoms with Crippen molar-refractivity contribution < 1.29 is 24.1 Å². The van der Waals surface area contributed by atoms with Gasteiger partial charge in [0.05, 0.1) is 11.2 Å². The first-order chi connectivity index (χ1) is 7.12. The summed E-state index contributed by atoms with van der Waals surface area (Å²) in [5.41, 5.74) is -1.17. The quantitative estimate of drug-likeness (QED) is 0.735. The lowest BCUT2D eigenvalue weighted by molar-refractivity contribution is 0.135. The van der Waals surface area contributed by atoms with Gasteiger partial charge in [-0.05, 0) is 12.8 Å². The molecule has 1 aliphatic heterocycles. The maximum absolute atomic E-state index is 13.6. The van der Waals surface area contributed by atoms with Gasteiger partial charge in [0.15, 0.2) is 23.1 Å².